The van der Waals surface area contributed by atoms with Crippen molar-refractivity contribution in [3.8, 4) is 6.07 Å². The van der Waals surface area contributed by atoms with Crippen LogP contribution in [0.1, 0.15) is 11.1 Å². The summed E-state index contributed by atoms with van der Waals surface area (Å²) < 4.78 is 2.12. The Labute approximate surface area is 108 Å². The fourth-order valence-electron chi connectivity index (χ4n) is 1.75. The van der Waals surface area contributed by atoms with Crippen LogP contribution in [0, 0.1) is 11.3 Å². The molecule has 0 fully saturated rings. The molecule has 0 atom stereocenters. The van der Waals surface area contributed by atoms with Crippen LogP contribution in [0.5, 0.6) is 0 Å². The Morgan fingerprint density at radius 1 is 1.06 bits per heavy atom. The van der Waals surface area contributed by atoms with Gasteiger partial charge >= 0.3 is 0 Å². The summed E-state index contributed by atoms with van der Waals surface area (Å²) in [5.41, 5.74) is 3.08. The molecule has 90 valence electrons. The van der Waals surface area contributed by atoms with E-state index in [1.807, 2.05) is 38.4 Å². The van der Waals surface area contributed by atoms with E-state index in [0.29, 0.717) is 5.56 Å². The van der Waals surface area contributed by atoms with Crippen molar-refractivity contribution >= 4 is 5.69 Å². The van der Waals surface area contributed by atoms with Crippen molar-refractivity contribution in [1.82, 2.24) is 0 Å². The smallest absolute Gasteiger partial charge is 0.173 e. The highest BCUT2D eigenvalue weighted by molar-refractivity contribution is 5.41. The van der Waals surface area contributed by atoms with Crippen LogP contribution in [0.3, 0.4) is 0 Å². The largest absolute Gasteiger partial charge is 0.377 e. The van der Waals surface area contributed by atoms with Crippen LogP contribution in [-0.4, -0.2) is 14.1 Å². The van der Waals surface area contributed by atoms with Gasteiger partial charge in [-0.25, -0.2) is 4.57 Å². The van der Waals surface area contributed by atoms with E-state index >= 15 is 0 Å². The lowest BCUT2D eigenvalue weighted by molar-refractivity contribution is -0.688. The van der Waals surface area contributed by atoms with Gasteiger partial charge in [0.25, 0.3) is 0 Å². The van der Waals surface area contributed by atoms with E-state index in [-0.39, 0.29) is 0 Å². The van der Waals surface area contributed by atoms with Gasteiger partial charge in [-0.05, 0) is 12.1 Å². The highest BCUT2D eigenvalue weighted by atomic mass is 15.1. The van der Waals surface area contributed by atoms with Crippen LogP contribution in [-0.2, 0) is 6.54 Å². The van der Waals surface area contributed by atoms with E-state index in [1.165, 1.54) is 11.3 Å². The van der Waals surface area contributed by atoms with Gasteiger partial charge in [0.2, 0.25) is 0 Å². The molecule has 2 rings (SSSR count). The summed E-state index contributed by atoms with van der Waals surface area (Å²) in [6.07, 6.45) is 4.13. The number of hydrogen-bond donors (Lipinski definition) is 0. The summed E-state index contributed by atoms with van der Waals surface area (Å²) in [5.74, 6) is 0. The van der Waals surface area contributed by atoms with E-state index in [1.54, 1.807) is 0 Å². The number of anilines is 1. The first-order valence-electron chi connectivity index (χ1n) is 5.84. The summed E-state index contributed by atoms with van der Waals surface area (Å²) in [5, 5.41) is 8.74. The van der Waals surface area contributed by atoms with Crippen LogP contribution < -0.4 is 9.47 Å². The van der Waals surface area contributed by atoms with E-state index in [0.717, 1.165) is 6.54 Å². The van der Waals surface area contributed by atoms with Crippen LogP contribution >= 0.6 is 0 Å². The fourth-order valence-corrected chi connectivity index (χ4v) is 1.75. The zero-order valence-electron chi connectivity index (χ0n) is 10.7. The van der Waals surface area contributed by atoms with E-state index < -0.39 is 0 Å². The first kappa shape index (κ1) is 12.1. The summed E-state index contributed by atoms with van der Waals surface area (Å²) in [6, 6.07) is 14.0. The van der Waals surface area contributed by atoms with Gasteiger partial charge in [0.15, 0.2) is 18.9 Å². The zero-order chi connectivity index (χ0) is 13.0. The second-order valence-electron chi connectivity index (χ2n) is 4.43. The molecule has 2 aromatic rings. The second-order valence-corrected chi connectivity index (χ2v) is 4.43. The first-order chi connectivity index (χ1) is 8.69. The molecule has 0 spiro atoms. The third-order valence-corrected chi connectivity index (χ3v) is 2.84. The molecule has 0 N–H and O–H groups in total. The summed E-state index contributed by atoms with van der Waals surface area (Å²) >= 11 is 0. The molecule has 0 radical (unpaired) electrons. The predicted octanol–water partition coefficient (Wildman–Crippen LogP) is 1.96. The highest BCUT2D eigenvalue weighted by Crippen LogP contribution is 2.07. The van der Waals surface area contributed by atoms with Crippen molar-refractivity contribution in [2.75, 3.05) is 19.0 Å². The van der Waals surface area contributed by atoms with Crippen LogP contribution in [0.15, 0.2) is 48.8 Å². The minimum absolute atomic E-state index is 0.701. The fraction of sp³-hybridized carbons (Fsp3) is 0.200. The quantitative estimate of drug-likeness (QED) is 0.765. The first-order valence-corrected chi connectivity index (χ1v) is 5.84. The van der Waals surface area contributed by atoms with Crippen molar-refractivity contribution < 1.29 is 4.57 Å². The van der Waals surface area contributed by atoms with Gasteiger partial charge in [-0.2, -0.15) is 5.26 Å². The Morgan fingerprint density at radius 3 is 2.17 bits per heavy atom. The number of aromatic nitrogens is 1. The minimum Gasteiger partial charge on any atom is -0.377 e. The lowest BCUT2D eigenvalue weighted by Crippen LogP contribution is -2.33. The molecule has 0 unspecified atom stereocenters. The van der Waals surface area contributed by atoms with Gasteiger partial charge in [0.1, 0.15) is 0 Å². The molecule has 0 aliphatic rings. The Hall–Kier alpha value is -2.34. The Bertz CT molecular complexity index is 548. The van der Waals surface area contributed by atoms with E-state index in [4.69, 9.17) is 5.26 Å². The molecule has 0 aliphatic heterocycles. The van der Waals surface area contributed by atoms with Gasteiger partial charge in [-0.1, -0.05) is 12.1 Å². The maximum absolute atomic E-state index is 8.74. The molecule has 1 heterocycles. The van der Waals surface area contributed by atoms with E-state index in [2.05, 4.69) is 40.1 Å². The maximum Gasteiger partial charge on any atom is 0.173 e. The predicted molar refractivity (Wildman–Crippen MR) is 71.2 cm³/mol. The molecule has 0 amide bonds. The van der Waals surface area contributed by atoms with Gasteiger partial charge in [-0.3, -0.25) is 0 Å². The van der Waals surface area contributed by atoms with Crippen LogP contribution in [0.2, 0.25) is 0 Å². The summed E-state index contributed by atoms with van der Waals surface area (Å²) in [4.78, 5) is 2.08. The van der Waals surface area contributed by atoms with Crippen molar-refractivity contribution in [3.05, 3.63) is 59.9 Å². The highest BCUT2D eigenvalue weighted by Gasteiger charge is 2.03. The van der Waals surface area contributed by atoms with E-state index in [9.17, 15) is 0 Å². The van der Waals surface area contributed by atoms with Crippen LogP contribution in [0.25, 0.3) is 0 Å². The number of rotatable bonds is 3. The maximum atomic E-state index is 8.74. The topological polar surface area (TPSA) is 30.9 Å². The molecule has 0 saturated carbocycles. The average Bonchev–Trinajstić information content (AvgIpc) is 2.40. The molecule has 3 nitrogen and oxygen atoms in total. The average molecular weight is 238 g/mol. The van der Waals surface area contributed by atoms with Crippen molar-refractivity contribution in [2.24, 2.45) is 0 Å². The standard InChI is InChI=1S/C15H16N3/c1-17(2)15-7-9-18(10-8-15)12-14-5-3-13(11-16)4-6-14/h3-10H,12H2,1-2H3/q+1. The molecule has 18 heavy (non-hydrogen) atoms. The number of benzene rings is 1. The number of nitriles is 1. The third-order valence-electron chi connectivity index (χ3n) is 2.84. The molecule has 3 heteroatoms. The zero-order valence-corrected chi connectivity index (χ0v) is 10.7. The molecule has 1 aromatic carbocycles. The van der Waals surface area contributed by atoms with Crippen LogP contribution in [0.4, 0.5) is 5.69 Å². The molecular weight excluding hydrogens is 222 g/mol. The second kappa shape index (κ2) is 5.33. The minimum atomic E-state index is 0.701. The van der Waals surface area contributed by atoms with Gasteiger partial charge < -0.3 is 4.90 Å². The summed E-state index contributed by atoms with van der Waals surface area (Å²) in [6.45, 7) is 0.819. The monoisotopic (exact) mass is 238 g/mol. The Kier molecular flexibility index (Phi) is 3.59. The molecular formula is C15H16N3+. The molecule has 0 aliphatic carbocycles. The number of pyridine rings is 1. The number of hydrogen-bond acceptors (Lipinski definition) is 2. The van der Waals surface area contributed by atoms with Crippen molar-refractivity contribution in [1.29, 1.82) is 5.26 Å². The Morgan fingerprint density at radius 2 is 1.67 bits per heavy atom. The van der Waals surface area contributed by atoms with Crippen molar-refractivity contribution in [2.45, 2.75) is 6.54 Å². The SMILES string of the molecule is CN(C)c1cc[n+](Cc2ccc(C#N)cc2)cc1. The van der Waals surface area contributed by atoms with Gasteiger partial charge in [0.05, 0.1) is 11.6 Å². The van der Waals surface area contributed by atoms with Crippen molar-refractivity contribution in [3.63, 3.8) is 0 Å². The lowest BCUT2D eigenvalue weighted by Gasteiger charge is -2.10. The lowest BCUT2D eigenvalue weighted by atomic mass is 10.1. The molecule has 0 bridgehead atoms. The van der Waals surface area contributed by atoms with Gasteiger partial charge in [0, 0.05) is 37.5 Å². The molecule has 1 aromatic heterocycles. The molecule has 0 saturated heterocycles. The Balaban J connectivity index is 2.11. The summed E-state index contributed by atoms with van der Waals surface area (Å²) in [7, 11) is 4.06. The third kappa shape index (κ3) is 2.86. The normalized spacial score (nSPS) is 9.83. The number of nitrogens with zero attached hydrogens (tertiary/aromatic N) is 3. The van der Waals surface area contributed by atoms with Gasteiger partial charge in [-0.15, -0.1) is 0 Å².